The molecule has 1 N–H and O–H groups in total. The molecule has 100 valence electrons. The summed E-state index contributed by atoms with van der Waals surface area (Å²) in [6.45, 7) is 0.833. The lowest BCUT2D eigenvalue weighted by Gasteiger charge is -2.07. The molecule has 0 spiro atoms. The summed E-state index contributed by atoms with van der Waals surface area (Å²) in [5.74, 6) is 0.603. The molecule has 0 saturated heterocycles. The van der Waals surface area contributed by atoms with E-state index in [1.54, 1.807) is 24.3 Å². The van der Waals surface area contributed by atoms with Gasteiger partial charge in [0.2, 0.25) is 0 Å². The Labute approximate surface area is 117 Å². The fourth-order valence-corrected chi connectivity index (χ4v) is 1.65. The van der Waals surface area contributed by atoms with Gasteiger partial charge in [-0.3, -0.25) is 4.79 Å². The van der Waals surface area contributed by atoms with E-state index in [1.807, 2.05) is 36.4 Å². The van der Waals surface area contributed by atoms with Crippen molar-refractivity contribution in [3.05, 3.63) is 65.7 Å². The monoisotopic (exact) mass is 266 g/mol. The van der Waals surface area contributed by atoms with Crippen LogP contribution in [0, 0.1) is 11.3 Å². The van der Waals surface area contributed by atoms with Crippen LogP contribution in [0.1, 0.15) is 15.9 Å². The predicted molar refractivity (Wildman–Crippen MR) is 75.4 cm³/mol. The van der Waals surface area contributed by atoms with Gasteiger partial charge < -0.3 is 10.1 Å². The first-order chi connectivity index (χ1) is 9.79. The minimum atomic E-state index is -0.175. The largest absolute Gasteiger partial charge is 0.492 e. The van der Waals surface area contributed by atoms with E-state index in [-0.39, 0.29) is 5.91 Å². The number of carbonyl (C=O) groups is 1. The molecule has 0 atom stereocenters. The van der Waals surface area contributed by atoms with E-state index in [0.29, 0.717) is 24.3 Å². The summed E-state index contributed by atoms with van der Waals surface area (Å²) in [6.07, 6.45) is 0. The topological polar surface area (TPSA) is 62.1 Å². The van der Waals surface area contributed by atoms with Gasteiger partial charge in [0.15, 0.2) is 0 Å². The summed E-state index contributed by atoms with van der Waals surface area (Å²) in [5.41, 5.74) is 1.07. The molecule has 0 aliphatic rings. The van der Waals surface area contributed by atoms with Crippen LogP contribution in [-0.4, -0.2) is 19.1 Å². The first kappa shape index (κ1) is 13.6. The number of benzene rings is 2. The highest BCUT2D eigenvalue weighted by atomic mass is 16.5. The van der Waals surface area contributed by atoms with Crippen molar-refractivity contribution >= 4 is 5.91 Å². The van der Waals surface area contributed by atoms with Gasteiger partial charge in [-0.15, -0.1) is 0 Å². The Morgan fingerprint density at radius 2 is 1.80 bits per heavy atom. The Morgan fingerprint density at radius 3 is 2.45 bits per heavy atom. The predicted octanol–water partition coefficient (Wildman–Crippen LogP) is 2.37. The van der Waals surface area contributed by atoms with Gasteiger partial charge in [0, 0.05) is 5.56 Å². The summed E-state index contributed by atoms with van der Waals surface area (Å²) in [7, 11) is 0. The second-order valence-electron chi connectivity index (χ2n) is 4.11. The average Bonchev–Trinajstić information content (AvgIpc) is 2.52. The van der Waals surface area contributed by atoms with E-state index >= 15 is 0 Å². The molecule has 2 rings (SSSR count). The molecule has 20 heavy (non-hydrogen) atoms. The number of para-hydroxylation sites is 1. The summed E-state index contributed by atoms with van der Waals surface area (Å²) < 4.78 is 5.47. The minimum absolute atomic E-state index is 0.175. The molecule has 0 aromatic heterocycles. The molecule has 1 amide bonds. The Morgan fingerprint density at radius 1 is 1.10 bits per heavy atom. The number of nitriles is 1. The van der Waals surface area contributed by atoms with Crippen LogP contribution in [0.5, 0.6) is 5.75 Å². The molecule has 0 aliphatic heterocycles. The summed E-state index contributed by atoms with van der Waals surface area (Å²) in [5, 5.41) is 11.4. The number of nitrogens with one attached hydrogen (secondary N) is 1. The van der Waals surface area contributed by atoms with Gasteiger partial charge in [-0.25, -0.2) is 0 Å². The van der Waals surface area contributed by atoms with E-state index in [0.717, 1.165) is 5.75 Å². The van der Waals surface area contributed by atoms with Gasteiger partial charge in [0.1, 0.15) is 12.4 Å². The molecule has 0 fully saturated rings. The average molecular weight is 266 g/mol. The van der Waals surface area contributed by atoms with Gasteiger partial charge in [-0.1, -0.05) is 18.2 Å². The third kappa shape index (κ3) is 3.85. The Bertz CT molecular complexity index is 601. The lowest BCUT2D eigenvalue weighted by molar-refractivity contribution is 0.0947. The summed E-state index contributed by atoms with van der Waals surface area (Å²) in [6, 6.07) is 17.9. The van der Waals surface area contributed by atoms with Crippen molar-refractivity contribution in [3.8, 4) is 11.8 Å². The number of rotatable bonds is 5. The van der Waals surface area contributed by atoms with Crippen LogP contribution >= 0.6 is 0 Å². The molecule has 2 aromatic carbocycles. The van der Waals surface area contributed by atoms with Crippen molar-refractivity contribution in [2.45, 2.75) is 0 Å². The van der Waals surface area contributed by atoms with E-state index < -0.39 is 0 Å². The Kier molecular flexibility index (Phi) is 4.74. The van der Waals surface area contributed by atoms with Gasteiger partial charge >= 0.3 is 0 Å². The highest BCUT2D eigenvalue weighted by Crippen LogP contribution is 2.07. The fraction of sp³-hybridized carbons (Fsp3) is 0.125. The maximum Gasteiger partial charge on any atom is 0.251 e. The molecule has 0 unspecified atom stereocenters. The molecular weight excluding hydrogens is 252 g/mol. The highest BCUT2D eigenvalue weighted by molar-refractivity contribution is 5.94. The van der Waals surface area contributed by atoms with Crippen molar-refractivity contribution in [2.24, 2.45) is 0 Å². The molecule has 0 aliphatic carbocycles. The molecule has 0 bridgehead atoms. The lowest BCUT2D eigenvalue weighted by atomic mass is 10.1. The lowest BCUT2D eigenvalue weighted by Crippen LogP contribution is -2.28. The van der Waals surface area contributed by atoms with Gasteiger partial charge in [-0.2, -0.15) is 5.26 Å². The van der Waals surface area contributed by atoms with E-state index in [9.17, 15) is 4.79 Å². The maximum absolute atomic E-state index is 11.8. The van der Waals surface area contributed by atoms with Crippen LogP contribution in [0.15, 0.2) is 54.6 Å². The Balaban J connectivity index is 1.76. The molecule has 4 nitrogen and oxygen atoms in total. The second kappa shape index (κ2) is 6.95. The first-order valence-corrected chi connectivity index (χ1v) is 6.26. The van der Waals surface area contributed by atoms with E-state index in [2.05, 4.69) is 5.32 Å². The van der Waals surface area contributed by atoms with Crippen LogP contribution in [0.3, 0.4) is 0 Å². The smallest absolute Gasteiger partial charge is 0.251 e. The van der Waals surface area contributed by atoms with Crippen molar-refractivity contribution in [2.75, 3.05) is 13.2 Å². The van der Waals surface area contributed by atoms with Crippen LogP contribution in [0.25, 0.3) is 0 Å². The molecule has 4 heteroatoms. The number of nitrogens with zero attached hydrogens (tertiary/aromatic N) is 1. The number of amides is 1. The number of carbonyl (C=O) groups excluding carboxylic acids is 1. The molecular formula is C16H14N2O2. The zero-order valence-corrected chi connectivity index (χ0v) is 10.9. The van der Waals surface area contributed by atoms with Gasteiger partial charge in [-0.05, 0) is 36.4 Å². The van der Waals surface area contributed by atoms with E-state index in [4.69, 9.17) is 10.00 Å². The number of hydrogen-bond acceptors (Lipinski definition) is 3. The molecule has 2 aromatic rings. The fourth-order valence-electron chi connectivity index (χ4n) is 1.65. The Hall–Kier alpha value is -2.80. The molecule has 0 radical (unpaired) electrons. The van der Waals surface area contributed by atoms with Crippen molar-refractivity contribution in [1.82, 2.24) is 5.32 Å². The molecule has 0 saturated carbocycles. The minimum Gasteiger partial charge on any atom is -0.492 e. The maximum atomic E-state index is 11.8. The van der Waals surface area contributed by atoms with Crippen LogP contribution in [-0.2, 0) is 0 Å². The standard InChI is InChI=1S/C16H14N2O2/c17-12-13-6-8-14(9-7-13)16(19)18-10-11-20-15-4-2-1-3-5-15/h1-9H,10-11H2,(H,18,19). The third-order valence-electron chi connectivity index (χ3n) is 2.68. The zero-order valence-electron chi connectivity index (χ0n) is 10.9. The van der Waals surface area contributed by atoms with Crippen LogP contribution < -0.4 is 10.1 Å². The van der Waals surface area contributed by atoms with Gasteiger partial charge in [0.05, 0.1) is 18.2 Å². The second-order valence-corrected chi connectivity index (χ2v) is 4.11. The van der Waals surface area contributed by atoms with E-state index in [1.165, 1.54) is 0 Å². The quantitative estimate of drug-likeness (QED) is 0.845. The normalized spacial score (nSPS) is 9.55. The highest BCUT2D eigenvalue weighted by Gasteiger charge is 2.04. The number of hydrogen-bond donors (Lipinski definition) is 1. The molecule has 0 heterocycles. The summed E-state index contributed by atoms with van der Waals surface area (Å²) >= 11 is 0. The number of ether oxygens (including phenoxy) is 1. The van der Waals surface area contributed by atoms with Crippen LogP contribution in [0.4, 0.5) is 0 Å². The zero-order chi connectivity index (χ0) is 14.2. The van der Waals surface area contributed by atoms with Gasteiger partial charge in [0.25, 0.3) is 5.91 Å². The van der Waals surface area contributed by atoms with Crippen LogP contribution in [0.2, 0.25) is 0 Å². The SMILES string of the molecule is N#Cc1ccc(C(=O)NCCOc2ccccc2)cc1. The first-order valence-electron chi connectivity index (χ1n) is 6.26. The third-order valence-corrected chi connectivity index (χ3v) is 2.68. The van der Waals surface area contributed by atoms with Crippen molar-refractivity contribution < 1.29 is 9.53 Å². The summed E-state index contributed by atoms with van der Waals surface area (Å²) in [4.78, 5) is 11.8. The van der Waals surface area contributed by atoms with Crippen molar-refractivity contribution in [3.63, 3.8) is 0 Å². The van der Waals surface area contributed by atoms with Crippen molar-refractivity contribution in [1.29, 1.82) is 5.26 Å².